The minimum atomic E-state index is -0.989. The molecule has 0 amide bonds. The monoisotopic (exact) mass is 299 g/mol. The molecule has 0 radical (unpaired) electrons. The van der Waals surface area contributed by atoms with Crippen LogP contribution in [0.15, 0.2) is 4.74 Å². The third-order valence-electron chi connectivity index (χ3n) is 4.77. The van der Waals surface area contributed by atoms with Crippen molar-refractivity contribution in [3.8, 4) is 0 Å². The summed E-state index contributed by atoms with van der Waals surface area (Å²) in [6.07, 6.45) is 19.8. The average Bonchev–Trinajstić information content (AvgIpc) is 2.49. The molecule has 1 rings (SSSR count). The van der Waals surface area contributed by atoms with Gasteiger partial charge in [0.05, 0.1) is 0 Å². The lowest BCUT2D eigenvalue weighted by Gasteiger charge is -2.29. The zero-order valence-electron chi connectivity index (χ0n) is 14.4. The first-order chi connectivity index (χ1) is 9.76. The number of rotatable bonds is 10. The van der Waals surface area contributed by atoms with Gasteiger partial charge < -0.3 is 0 Å². The van der Waals surface area contributed by atoms with Crippen LogP contribution >= 0.6 is 7.05 Å². The predicted molar refractivity (Wildman–Crippen MR) is 95.5 cm³/mol. The Morgan fingerprint density at radius 2 is 1.20 bits per heavy atom. The largest absolute Gasteiger partial charge is 0.300 e. The van der Waals surface area contributed by atoms with E-state index in [9.17, 15) is 0 Å². The van der Waals surface area contributed by atoms with E-state index >= 15 is 0 Å². The van der Waals surface area contributed by atoms with Gasteiger partial charge in [0, 0.05) is 6.04 Å². The molecule has 1 aliphatic carbocycles. The number of nitrogens with zero attached hydrogens (tertiary/aromatic N) is 1. The van der Waals surface area contributed by atoms with Crippen LogP contribution in [-0.4, -0.2) is 24.5 Å². The van der Waals surface area contributed by atoms with Gasteiger partial charge in [-0.15, -0.1) is 0 Å². The third-order valence-corrected chi connectivity index (χ3v) is 9.03. The fraction of sp³-hybridized carbons (Fsp3) is 1.00. The molecule has 0 aromatic heterocycles. The van der Waals surface area contributed by atoms with Gasteiger partial charge in [-0.25, -0.2) is 0 Å². The van der Waals surface area contributed by atoms with Crippen LogP contribution in [0.4, 0.5) is 0 Å². The van der Waals surface area contributed by atoms with E-state index < -0.39 is 7.05 Å². The van der Waals surface area contributed by atoms with Crippen molar-refractivity contribution >= 4 is 7.05 Å². The molecule has 0 unspecified atom stereocenters. The molecule has 0 saturated heterocycles. The number of unbranched alkanes of at least 4 members (excludes halogenated alkanes) is 3. The average molecular weight is 299 g/mol. The van der Waals surface area contributed by atoms with Gasteiger partial charge in [0.1, 0.15) is 0 Å². The highest BCUT2D eigenvalue weighted by Gasteiger charge is 2.21. The van der Waals surface area contributed by atoms with Gasteiger partial charge in [-0.2, -0.15) is 0 Å². The van der Waals surface area contributed by atoms with Gasteiger partial charge >= 0.3 is 0 Å². The van der Waals surface area contributed by atoms with Crippen molar-refractivity contribution in [1.82, 2.24) is 0 Å². The van der Waals surface area contributed by atoms with Gasteiger partial charge in [-0.3, -0.25) is 4.74 Å². The lowest BCUT2D eigenvalue weighted by molar-refractivity contribution is 0.445. The number of hydrogen-bond donors (Lipinski definition) is 0. The molecule has 0 N–H and O–H groups in total. The summed E-state index contributed by atoms with van der Waals surface area (Å²) < 4.78 is 5.59. The molecule has 0 spiro atoms. The Labute approximate surface area is 128 Å². The maximum atomic E-state index is 5.59. The summed E-state index contributed by atoms with van der Waals surface area (Å²) in [6, 6.07) is 0.739. The van der Waals surface area contributed by atoms with Crippen LogP contribution in [-0.2, 0) is 0 Å². The zero-order valence-corrected chi connectivity index (χ0v) is 15.3. The predicted octanol–water partition coefficient (Wildman–Crippen LogP) is 6.92. The van der Waals surface area contributed by atoms with Crippen LogP contribution in [0.1, 0.15) is 91.4 Å². The fourth-order valence-corrected chi connectivity index (χ4v) is 8.06. The van der Waals surface area contributed by atoms with Gasteiger partial charge in [-0.1, -0.05) is 59.3 Å². The Morgan fingerprint density at radius 1 is 0.750 bits per heavy atom. The van der Waals surface area contributed by atoms with E-state index in [2.05, 4.69) is 20.8 Å². The quantitative estimate of drug-likeness (QED) is 0.388. The lowest BCUT2D eigenvalue weighted by atomic mass is 9.97. The maximum absolute atomic E-state index is 5.59. The minimum Gasteiger partial charge on any atom is -0.300 e. The van der Waals surface area contributed by atoms with Gasteiger partial charge in [0.2, 0.25) is 0 Å². The molecule has 1 aliphatic rings. The Kier molecular flexibility index (Phi) is 9.95. The summed E-state index contributed by atoms with van der Waals surface area (Å²) in [6.45, 7) is 7.03. The smallest absolute Gasteiger partial charge is 0.0484 e. The first kappa shape index (κ1) is 18.3. The Bertz CT molecular complexity index is 251. The third kappa shape index (κ3) is 6.79. The van der Waals surface area contributed by atoms with E-state index in [4.69, 9.17) is 4.74 Å². The van der Waals surface area contributed by atoms with Crippen LogP contribution in [0.3, 0.4) is 0 Å². The molecule has 120 valence electrons. The molecule has 1 nitrogen and oxygen atoms in total. The van der Waals surface area contributed by atoms with Crippen LogP contribution < -0.4 is 0 Å². The molecular formula is C18H38NP. The van der Waals surface area contributed by atoms with Crippen LogP contribution in [0.2, 0.25) is 0 Å². The molecule has 0 atom stereocenters. The summed E-state index contributed by atoms with van der Waals surface area (Å²) in [4.78, 5) is 0. The van der Waals surface area contributed by atoms with Gasteiger partial charge in [-0.05, 0) is 57.6 Å². The summed E-state index contributed by atoms with van der Waals surface area (Å²) in [5.74, 6) is 0. The standard InChI is InChI=1S/C18H38NP/c1-4-7-15-20(16-8-5-2,17-9-6-3)19-18-13-11-10-12-14-18/h18H,4-17H2,1-3H3. The van der Waals surface area contributed by atoms with E-state index in [0.717, 1.165) is 6.04 Å². The van der Waals surface area contributed by atoms with Gasteiger partial charge in [0.15, 0.2) is 0 Å². The zero-order chi connectivity index (χ0) is 14.7. The Balaban J connectivity index is 2.81. The summed E-state index contributed by atoms with van der Waals surface area (Å²) in [5.41, 5.74) is 0. The van der Waals surface area contributed by atoms with E-state index in [1.807, 2.05) is 0 Å². The molecule has 0 bridgehead atoms. The molecule has 0 aromatic rings. The molecule has 0 heterocycles. The van der Waals surface area contributed by atoms with Crippen LogP contribution in [0.25, 0.3) is 0 Å². The second-order valence-electron chi connectivity index (χ2n) is 6.73. The Hall–Kier alpha value is 0.230. The topological polar surface area (TPSA) is 12.4 Å². The fourth-order valence-electron chi connectivity index (χ4n) is 3.41. The first-order valence-corrected chi connectivity index (χ1v) is 11.6. The second kappa shape index (κ2) is 10.9. The maximum Gasteiger partial charge on any atom is 0.0484 e. The van der Waals surface area contributed by atoms with Crippen LogP contribution in [0.5, 0.6) is 0 Å². The van der Waals surface area contributed by atoms with E-state index in [0.29, 0.717) is 0 Å². The first-order valence-electron chi connectivity index (χ1n) is 9.34. The Morgan fingerprint density at radius 3 is 1.60 bits per heavy atom. The number of hydrogen-bond acceptors (Lipinski definition) is 1. The molecule has 2 heteroatoms. The summed E-state index contributed by atoms with van der Waals surface area (Å²) in [5, 5.41) is 0. The minimum absolute atomic E-state index is 0.739. The van der Waals surface area contributed by atoms with E-state index in [1.165, 1.54) is 89.1 Å². The van der Waals surface area contributed by atoms with Crippen molar-refractivity contribution in [2.75, 3.05) is 18.5 Å². The van der Waals surface area contributed by atoms with Crippen molar-refractivity contribution < 1.29 is 0 Å². The van der Waals surface area contributed by atoms with Crippen molar-refractivity contribution in [1.29, 1.82) is 0 Å². The lowest BCUT2D eigenvalue weighted by Crippen LogP contribution is -2.12. The van der Waals surface area contributed by atoms with Gasteiger partial charge in [0.25, 0.3) is 0 Å². The molecule has 0 aromatic carbocycles. The summed E-state index contributed by atoms with van der Waals surface area (Å²) >= 11 is 0. The molecule has 1 saturated carbocycles. The van der Waals surface area contributed by atoms with Crippen molar-refractivity contribution in [3.63, 3.8) is 0 Å². The molecular weight excluding hydrogens is 261 g/mol. The second-order valence-corrected chi connectivity index (χ2v) is 10.5. The van der Waals surface area contributed by atoms with Crippen molar-refractivity contribution in [2.24, 2.45) is 4.74 Å². The highest BCUT2D eigenvalue weighted by atomic mass is 31.2. The highest BCUT2D eigenvalue weighted by molar-refractivity contribution is 7.66. The SMILES string of the molecule is CCCCP(CCCC)(CCCC)=NC1CCCCC1. The van der Waals surface area contributed by atoms with Crippen molar-refractivity contribution in [3.05, 3.63) is 0 Å². The highest BCUT2D eigenvalue weighted by Crippen LogP contribution is 2.53. The van der Waals surface area contributed by atoms with E-state index in [1.54, 1.807) is 0 Å². The van der Waals surface area contributed by atoms with Crippen LogP contribution in [0, 0.1) is 0 Å². The molecule has 1 fully saturated rings. The van der Waals surface area contributed by atoms with E-state index in [-0.39, 0.29) is 0 Å². The van der Waals surface area contributed by atoms with Crippen molar-refractivity contribution in [2.45, 2.75) is 97.4 Å². The molecule has 20 heavy (non-hydrogen) atoms. The summed E-state index contributed by atoms with van der Waals surface area (Å²) in [7, 11) is -0.989. The normalized spacial score (nSPS) is 17.4. The molecule has 0 aliphatic heterocycles.